The summed E-state index contributed by atoms with van der Waals surface area (Å²) in [5, 5.41) is 0. The molecule has 0 spiro atoms. The van der Waals surface area contributed by atoms with Gasteiger partial charge in [0.2, 0.25) is 0 Å². The molecular weight excluding hydrogens is 200 g/mol. The molecule has 1 aliphatic carbocycles. The lowest BCUT2D eigenvalue weighted by atomic mass is 10.0. The van der Waals surface area contributed by atoms with Crippen molar-refractivity contribution in [3.05, 3.63) is 23.0 Å². The Labute approximate surface area is 94.8 Å². The zero-order valence-electron chi connectivity index (χ0n) is 9.92. The Morgan fingerprint density at radius 2 is 2.12 bits per heavy atom. The lowest BCUT2D eigenvalue weighted by molar-refractivity contribution is 0.410. The molecule has 0 bridgehead atoms. The van der Waals surface area contributed by atoms with Gasteiger partial charge in [0.05, 0.1) is 18.1 Å². The van der Waals surface area contributed by atoms with Gasteiger partial charge in [-0.15, -0.1) is 0 Å². The van der Waals surface area contributed by atoms with Gasteiger partial charge in [0, 0.05) is 5.56 Å². The second-order valence-corrected chi connectivity index (χ2v) is 4.63. The first-order valence-corrected chi connectivity index (χ1v) is 5.74. The van der Waals surface area contributed by atoms with Crippen LogP contribution < -0.4 is 4.74 Å². The third-order valence-corrected chi connectivity index (χ3v) is 3.28. The maximum absolute atomic E-state index is 5.50. The molecule has 1 aromatic carbocycles. The van der Waals surface area contributed by atoms with E-state index in [4.69, 9.17) is 4.74 Å². The summed E-state index contributed by atoms with van der Waals surface area (Å²) in [6, 6.07) is 2.11. The topological polar surface area (TPSA) is 37.9 Å². The van der Waals surface area contributed by atoms with Crippen LogP contribution in [0.4, 0.5) is 0 Å². The van der Waals surface area contributed by atoms with E-state index >= 15 is 0 Å². The first-order chi connectivity index (χ1) is 7.70. The molecule has 2 aromatic rings. The lowest BCUT2D eigenvalue weighted by Gasteiger charge is -2.10. The average Bonchev–Trinajstić information content (AvgIpc) is 3.00. The molecule has 1 N–H and O–H groups in total. The summed E-state index contributed by atoms with van der Waals surface area (Å²) >= 11 is 0. The molecule has 84 valence electrons. The highest BCUT2D eigenvalue weighted by Gasteiger charge is 2.30. The summed E-state index contributed by atoms with van der Waals surface area (Å²) in [5.74, 6) is 2.65. The minimum atomic E-state index is 0.665. The third kappa shape index (κ3) is 1.31. The molecule has 1 aromatic heterocycles. The van der Waals surface area contributed by atoms with E-state index in [1.165, 1.54) is 29.5 Å². The van der Waals surface area contributed by atoms with E-state index in [-0.39, 0.29) is 0 Å². The summed E-state index contributed by atoms with van der Waals surface area (Å²) in [6.07, 6.45) is 2.54. The molecule has 0 amide bonds. The molecule has 0 unspecified atom stereocenters. The number of fused-ring (bicyclic) bond motifs is 1. The molecule has 0 aliphatic heterocycles. The second kappa shape index (κ2) is 3.24. The van der Waals surface area contributed by atoms with Gasteiger partial charge in [-0.25, -0.2) is 4.98 Å². The summed E-state index contributed by atoms with van der Waals surface area (Å²) in [4.78, 5) is 7.92. The van der Waals surface area contributed by atoms with Gasteiger partial charge in [-0.3, -0.25) is 0 Å². The summed E-state index contributed by atoms with van der Waals surface area (Å²) in [5.41, 5.74) is 4.78. The molecule has 1 saturated carbocycles. The number of ether oxygens (including phenoxy) is 1. The van der Waals surface area contributed by atoms with Crippen LogP contribution in [-0.4, -0.2) is 17.1 Å². The van der Waals surface area contributed by atoms with Crippen LogP contribution >= 0.6 is 0 Å². The van der Waals surface area contributed by atoms with Crippen LogP contribution in [0.5, 0.6) is 5.75 Å². The van der Waals surface area contributed by atoms with Gasteiger partial charge in [-0.1, -0.05) is 0 Å². The second-order valence-electron chi connectivity index (χ2n) is 4.63. The van der Waals surface area contributed by atoms with Crippen molar-refractivity contribution in [3.8, 4) is 5.75 Å². The number of hydrogen-bond donors (Lipinski definition) is 1. The highest BCUT2D eigenvalue weighted by Crippen LogP contribution is 2.47. The van der Waals surface area contributed by atoms with E-state index in [1.54, 1.807) is 7.11 Å². The van der Waals surface area contributed by atoms with Gasteiger partial charge in [0.25, 0.3) is 0 Å². The van der Waals surface area contributed by atoms with Gasteiger partial charge >= 0.3 is 0 Å². The predicted molar refractivity (Wildman–Crippen MR) is 64.1 cm³/mol. The molecular formula is C13H16N2O. The number of aromatic amines is 1. The highest BCUT2D eigenvalue weighted by molar-refractivity contribution is 5.85. The largest absolute Gasteiger partial charge is 0.496 e. The molecule has 1 fully saturated rings. The number of aryl methyl sites for hydroxylation is 2. The molecule has 0 atom stereocenters. The van der Waals surface area contributed by atoms with Gasteiger partial charge in [-0.05, 0) is 44.2 Å². The SMILES string of the molecule is COc1cc(C)c2nc(C)[nH]c2c1C1CC1. The number of H-pyrrole nitrogens is 1. The minimum Gasteiger partial charge on any atom is -0.496 e. The minimum absolute atomic E-state index is 0.665. The van der Waals surface area contributed by atoms with Crippen LogP contribution in [0.1, 0.15) is 35.7 Å². The van der Waals surface area contributed by atoms with Crippen molar-refractivity contribution in [2.45, 2.75) is 32.6 Å². The van der Waals surface area contributed by atoms with Gasteiger partial charge < -0.3 is 9.72 Å². The van der Waals surface area contributed by atoms with Gasteiger partial charge in [-0.2, -0.15) is 0 Å². The van der Waals surface area contributed by atoms with Gasteiger partial charge in [0.15, 0.2) is 0 Å². The number of nitrogens with zero attached hydrogens (tertiary/aromatic N) is 1. The van der Waals surface area contributed by atoms with E-state index in [0.717, 1.165) is 17.1 Å². The lowest BCUT2D eigenvalue weighted by Crippen LogP contribution is -1.93. The number of imidazole rings is 1. The number of hydrogen-bond acceptors (Lipinski definition) is 2. The number of benzene rings is 1. The Hall–Kier alpha value is -1.51. The molecule has 3 nitrogen and oxygen atoms in total. The van der Waals surface area contributed by atoms with Crippen molar-refractivity contribution < 1.29 is 4.74 Å². The Bertz CT molecular complexity index is 553. The highest BCUT2D eigenvalue weighted by atomic mass is 16.5. The predicted octanol–water partition coefficient (Wildman–Crippen LogP) is 3.07. The van der Waals surface area contributed by atoms with Crippen molar-refractivity contribution in [2.24, 2.45) is 0 Å². The molecule has 0 saturated heterocycles. The molecule has 3 rings (SSSR count). The Balaban J connectivity index is 2.36. The molecule has 0 radical (unpaired) electrons. The van der Waals surface area contributed by atoms with Crippen LogP contribution in [0.3, 0.4) is 0 Å². The Morgan fingerprint density at radius 1 is 1.38 bits per heavy atom. The zero-order valence-corrected chi connectivity index (χ0v) is 9.92. The quantitative estimate of drug-likeness (QED) is 0.837. The summed E-state index contributed by atoms with van der Waals surface area (Å²) < 4.78 is 5.50. The molecule has 16 heavy (non-hydrogen) atoms. The number of rotatable bonds is 2. The monoisotopic (exact) mass is 216 g/mol. The number of nitrogens with one attached hydrogen (secondary N) is 1. The summed E-state index contributed by atoms with van der Waals surface area (Å²) in [6.45, 7) is 4.09. The van der Waals surface area contributed by atoms with E-state index in [1.807, 2.05) is 6.92 Å². The zero-order chi connectivity index (χ0) is 11.3. The third-order valence-electron chi connectivity index (χ3n) is 3.28. The fourth-order valence-corrected chi connectivity index (χ4v) is 2.38. The van der Waals surface area contributed by atoms with Crippen LogP contribution in [0, 0.1) is 13.8 Å². The van der Waals surface area contributed by atoms with Crippen molar-refractivity contribution in [1.29, 1.82) is 0 Å². The van der Waals surface area contributed by atoms with Crippen molar-refractivity contribution in [3.63, 3.8) is 0 Å². The fraction of sp³-hybridized carbons (Fsp3) is 0.462. The molecule has 3 heteroatoms. The van der Waals surface area contributed by atoms with E-state index in [2.05, 4.69) is 23.0 Å². The van der Waals surface area contributed by atoms with Crippen LogP contribution in [0.2, 0.25) is 0 Å². The van der Waals surface area contributed by atoms with Gasteiger partial charge in [0.1, 0.15) is 11.6 Å². The van der Waals surface area contributed by atoms with Crippen molar-refractivity contribution in [1.82, 2.24) is 9.97 Å². The Kier molecular flexibility index (Phi) is 1.96. The number of aromatic nitrogens is 2. The fourth-order valence-electron chi connectivity index (χ4n) is 2.38. The number of methoxy groups -OCH3 is 1. The maximum Gasteiger partial charge on any atom is 0.124 e. The van der Waals surface area contributed by atoms with E-state index in [0.29, 0.717) is 5.92 Å². The Morgan fingerprint density at radius 3 is 2.75 bits per heavy atom. The van der Waals surface area contributed by atoms with Crippen LogP contribution in [0.15, 0.2) is 6.07 Å². The van der Waals surface area contributed by atoms with Crippen LogP contribution in [-0.2, 0) is 0 Å². The first-order valence-electron chi connectivity index (χ1n) is 5.74. The standard InChI is InChI=1S/C13H16N2O/c1-7-6-10(16-3)11(9-4-5-9)13-12(7)14-8(2)15-13/h6,9H,4-5H2,1-3H3,(H,14,15). The normalized spacial score (nSPS) is 15.7. The molecule has 1 aliphatic rings. The average molecular weight is 216 g/mol. The van der Waals surface area contributed by atoms with Crippen molar-refractivity contribution in [2.75, 3.05) is 7.11 Å². The maximum atomic E-state index is 5.50. The van der Waals surface area contributed by atoms with Crippen LogP contribution in [0.25, 0.3) is 11.0 Å². The molecule has 1 heterocycles. The summed E-state index contributed by atoms with van der Waals surface area (Å²) in [7, 11) is 1.75. The smallest absolute Gasteiger partial charge is 0.124 e. The first kappa shape index (κ1) is 9.70. The van der Waals surface area contributed by atoms with E-state index in [9.17, 15) is 0 Å². The van der Waals surface area contributed by atoms with Crippen molar-refractivity contribution >= 4 is 11.0 Å². The van der Waals surface area contributed by atoms with E-state index < -0.39 is 0 Å².